The van der Waals surface area contributed by atoms with Crippen molar-refractivity contribution in [1.82, 2.24) is 4.57 Å². The van der Waals surface area contributed by atoms with E-state index in [0.29, 0.717) is 11.3 Å². The Kier molecular flexibility index (Phi) is 6.20. The number of aromatic carboxylic acids is 1. The quantitative estimate of drug-likeness (QED) is 0.249. The number of nitrogens with one attached hydrogen (secondary N) is 1. The van der Waals surface area contributed by atoms with E-state index in [1.807, 2.05) is 22.8 Å². The Balaban J connectivity index is 1.48. The zero-order valence-electron chi connectivity index (χ0n) is 19.5. The number of hydrogen-bond acceptors (Lipinski definition) is 3. The van der Waals surface area contributed by atoms with Crippen molar-refractivity contribution in [1.29, 1.82) is 0 Å². The zero-order chi connectivity index (χ0) is 27.1. The highest BCUT2D eigenvalue weighted by Crippen LogP contribution is 2.34. The van der Waals surface area contributed by atoms with Gasteiger partial charge in [-0.1, -0.05) is 36.4 Å². The average molecular weight is 537 g/mol. The van der Waals surface area contributed by atoms with E-state index >= 15 is 0 Å². The van der Waals surface area contributed by atoms with Crippen LogP contribution < -0.4 is 4.72 Å². The number of alkyl halides is 3. The third-order valence-electron chi connectivity index (χ3n) is 6.02. The normalized spacial score (nSPS) is 12.0. The van der Waals surface area contributed by atoms with Crippen molar-refractivity contribution < 1.29 is 31.5 Å². The molecule has 4 aromatic carbocycles. The first-order valence-corrected chi connectivity index (χ1v) is 12.8. The molecule has 0 bridgehead atoms. The summed E-state index contributed by atoms with van der Waals surface area (Å²) in [6.45, 7) is 0. The molecule has 0 fully saturated rings. The zero-order valence-corrected chi connectivity index (χ0v) is 20.3. The van der Waals surface area contributed by atoms with Gasteiger partial charge in [0.15, 0.2) is 0 Å². The van der Waals surface area contributed by atoms with E-state index < -0.39 is 27.7 Å². The van der Waals surface area contributed by atoms with Crippen molar-refractivity contribution in [3.05, 3.63) is 114 Å². The summed E-state index contributed by atoms with van der Waals surface area (Å²) in [5, 5.41) is 9.98. The van der Waals surface area contributed by atoms with Gasteiger partial charge in [0.25, 0.3) is 10.0 Å². The number of anilines is 1. The van der Waals surface area contributed by atoms with Gasteiger partial charge < -0.3 is 9.67 Å². The second-order valence-corrected chi connectivity index (χ2v) is 10.2. The van der Waals surface area contributed by atoms with Gasteiger partial charge in [-0.25, -0.2) is 13.2 Å². The van der Waals surface area contributed by atoms with Crippen LogP contribution in [0.5, 0.6) is 0 Å². The molecule has 0 radical (unpaired) electrons. The number of sulfonamides is 1. The van der Waals surface area contributed by atoms with Gasteiger partial charge in [0.1, 0.15) is 0 Å². The largest absolute Gasteiger partial charge is 0.478 e. The Bertz CT molecular complexity index is 1780. The number of halogens is 3. The van der Waals surface area contributed by atoms with Crippen LogP contribution >= 0.6 is 0 Å². The smallest absolute Gasteiger partial charge is 0.416 e. The summed E-state index contributed by atoms with van der Waals surface area (Å²) in [7, 11) is -4.06. The molecule has 0 amide bonds. The van der Waals surface area contributed by atoms with E-state index in [9.17, 15) is 26.4 Å². The Hall–Kier alpha value is -4.57. The summed E-state index contributed by atoms with van der Waals surface area (Å²) in [5.74, 6) is -1.24. The maximum absolute atomic E-state index is 13.0. The van der Waals surface area contributed by atoms with Crippen LogP contribution in [-0.2, 0) is 16.2 Å². The first kappa shape index (κ1) is 25.1. The van der Waals surface area contributed by atoms with E-state index in [1.54, 1.807) is 36.5 Å². The molecule has 5 rings (SSSR count). The minimum Gasteiger partial charge on any atom is -0.478 e. The summed E-state index contributed by atoms with van der Waals surface area (Å²) in [6, 6.07) is 24.0. The molecule has 0 unspecified atom stereocenters. The summed E-state index contributed by atoms with van der Waals surface area (Å²) in [6.07, 6.45) is -2.62. The fourth-order valence-corrected chi connectivity index (χ4v) is 5.31. The van der Waals surface area contributed by atoms with Crippen molar-refractivity contribution in [3.63, 3.8) is 0 Å². The van der Waals surface area contributed by atoms with E-state index in [0.717, 1.165) is 34.7 Å². The van der Waals surface area contributed by atoms with Gasteiger partial charge in [-0.2, -0.15) is 13.2 Å². The highest BCUT2D eigenvalue weighted by atomic mass is 32.2. The van der Waals surface area contributed by atoms with Gasteiger partial charge in [0.05, 0.1) is 27.2 Å². The van der Waals surface area contributed by atoms with Gasteiger partial charge in [-0.3, -0.25) is 4.72 Å². The maximum Gasteiger partial charge on any atom is 0.416 e. The molecule has 2 N–H and O–H groups in total. The Morgan fingerprint density at radius 3 is 2.26 bits per heavy atom. The number of carbonyl (C=O) groups is 1. The number of nitrogens with zero attached hydrogens (tertiary/aromatic N) is 1. The molecule has 0 saturated carbocycles. The summed E-state index contributed by atoms with van der Waals surface area (Å²) >= 11 is 0. The third-order valence-corrected chi connectivity index (χ3v) is 7.40. The molecule has 6 nitrogen and oxygen atoms in total. The molecule has 0 aliphatic carbocycles. The van der Waals surface area contributed by atoms with Gasteiger partial charge in [0, 0.05) is 17.3 Å². The number of carboxylic acids is 1. The number of rotatable bonds is 6. The first-order chi connectivity index (χ1) is 18.0. The second-order valence-electron chi connectivity index (χ2n) is 8.49. The molecule has 0 aliphatic rings. The van der Waals surface area contributed by atoms with Crippen LogP contribution in [0.2, 0.25) is 0 Å². The summed E-state index contributed by atoms with van der Waals surface area (Å²) in [5.41, 5.74) is 2.20. The predicted molar refractivity (Wildman–Crippen MR) is 138 cm³/mol. The highest BCUT2D eigenvalue weighted by Gasteiger charge is 2.30. The summed E-state index contributed by atoms with van der Waals surface area (Å²) in [4.78, 5) is 11.0. The lowest BCUT2D eigenvalue weighted by Gasteiger charge is -2.12. The molecule has 0 saturated heterocycles. The number of benzene rings is 4. The van der Waals surface area contributed by atoms with Crippen LogP contribution in [0.25, 0.3) is 27.7 Å². The monoisotopic (exact) mass is 536 g/mol. The fourth-order valence-electron chi connectivity index (χ4n) is 4.21. The van der Waals surface area contributed by atoms with Crippen LogP contribution in [0.15, 0.2) is 108 Å². The second kappa shape index (κ2) is 9.38. The van der Waals surface area contributed by atoms with Crippen molar-refractivity contribution in [3.8, 4) is 16.8 Å². The molecule has 10 heteroatoms. The lowest BCUT2D eigenvalue weighted by atomic mass is 10.0. The average Bonchev–Trinajstić information content (AvgIpc) is 3.33. The SMILES string of the molecule is O=C(O)c1cccc(S(=O)(=O)Nc2cccc(-n3ccc4c(-c5ccc(C(F)(F)F)cc5)cccc43)c2)c1. The molecular weight excluding hydrogens is 517 g/mol. The molecule has 1 heterocycles. The van der Waals surface area contributed by atoms with Gasteiger partial charge in [-0.15, -0.1) is 0 Å². The highest BCUT2D eigenvalue weighted by molar-refractivity contribution is 7.92. The standard InChI is InChI=1S/C28H19F3N2O4S/c29-28(30,31)20-12-10-18(11-13-20)24-8-3-9-26-25(24)14-15-33(26)22-6-2-5-21(17-22)32-38(36,37)23-7-1-4-19(16-23)27(34)35/h1-17,32H,(H,34,35). The van der Waals surface area contributed by atoms with Gasteiger partial charge in [0.2, 0.25) is 0 Å². The predicted octanol–water partition coefficient (Wildman–Crippen LogP) is 6.82. The molecule has 1 aromatic heterocycles. The maximum atomic E-state index is 13.0. The van der Waals surface area contributed by atoms with E-state index in [1.165, 1.54) is 30.3 Å². The van der Waals surface area contributed by atoms with Crippen LogP contribution in [0, 0.1) is 0 Å². The Labute approximate surface area is 215 Å². The number of hydrogen-bond donors (Lipinski definition) is 2. The molecule has 192 valence electrons. The molecule has 38 heavy (non-hydrogen) atoms. The van der Waals surface area contributed by atoms with Gasteiger partial charge in [-0.05, 0) is 71.8 Å². The number of aromatic nitrogens is 1. The summed E-state index contributed by atoms with van der Waals surface area (Å²) < 4.78 is 69.0. The van der Waals surface area contributed by atoms with Crippen LogP contribution in [0.1, 0.15) is 15.9 Å². The van der Waals surface area contributed by atoms with E-state index in [-0.39, 0.29) is 16.1 Å². The van der Waals surface area contributed by atoms with Crippen LogP contribution in [0.4, 0.5) is 18.9 Å². The van der Waals surface area contributed by atoms with Gasteiger partial charge >= 0.3 is 12.1 Å². The lowest BCUT2D eigenvalue weighted by Crippen LogP contribution is -2.14. The first-order valence-electron chi connectivity index (χ1n) is 11.3. The number of carboxylic acid groups (broad SMARTS) is 1. The molecule has 0 spiro atoms. The minimum absolute atomic E-state index is 0.149. The van der Waals surface area contributed by atoms with Crippen molar-refractivity contribution >= 4 is 32.6 Å². The lowest BCUT2D eigenvalue weighted by molar-refractivity contribution is -0.137. The molecular formula is C28H19F3N2O4S. The van der Waals surface area contributed by atoms with Crippen LogP contribution in [-0.4, -0.2) is 24.1 Å². The topological polar surface area (TPSA) is 88.4 Å². The molecule has 0 aliphatic heterocycles. The Morgan fingerprint density at radius 1 is 0.842 bits per heavy atom. The molecule has 0 atom stereocenters. The Morgan fingerprint density at radius 2 is 1.55 bits per heavy atom. The molecule has 5 aromatic rings. The van der Waals surface area contributed by atoms with E-state index in [4.69, 9.17) is 5.11 Å². The van der Waals surface area contributed by atoms with Crippen molar-refractivity contribution in [2.75, 3.05) is 4.72 Å². The minimum atomic E-state index is -4.42. The van der Waals surface area contributed by atoms with E-state index in [2.05, 4.69) is 4.72 Å². The van der Waals surface area contributed by atoms with Crippen LogP contribution in [0.3, 0.4) is 0 Å². The van der Waals surface area contributed by atoms with Crippen molar-refractivity contribution in [2.45, 2.75) is 11.1 Å². The van der Waals surface area contributed by atoms with Crippen molar-refractivity contribution in [2.24, 2.45) is 0 Å². The third kappa shape index (κ3) is 4.85. The number of fused-ring (bicyclic) bond motifs is 1. The fraction of sp³-hybridized carbons (Fsp3) is 0.0357.